The standard InChI is InChI=1S/C32H38O4/c1-32(2)35-24-29(31(33)34-23-28-16-7-4-8-17-28)30(36-32)21-20-27-19-11-18-26(22-27)15-10-9-14-25-12-5-3-6-13-25/h3-8,11-13,16-19,22,29-30H,9-10,14-15,20-21,23-24H2,1-2H3/t29-,30-/m1/s1. The van der Waals surface area contributed by atoms with Gasteiger partial charge in [0, 0.05) is 0 Å². The Hall–Kier alpha value is -2.95. The first-order valence-corrected chi connectivity index (χ1v) is 13.1. The minimum atomic E-state index is -0.707. The van der Waals surface area contributed by atoms with E-state index in [0.717, 1.165) is 31.2 Å². The van der Waals surface area contributed by atoms with Crippen LogP contribution in [0, 0.1) is 5.92 Å². The largest absolute Gasteiger partial charge is 0.460 e. The van der Waals surface area contributed by atoms with Gasteiger partial charge in [0.2, 0.25) is 0 Å². The van der Waals surface area contributed by atoms with Gasteiger partial charge in [-0.1, -0.05) is 84.9 Å². The van der Waals surface area contributed by atoms with Crippen LogP contribution in [0.15, 0.2) is 84.9 Å². The third-order valence-electron chi connectivity index (χ3n) is 6.75. The quantitative estimate of drug-likeness (QED) is 0.224. The molecule has 1 saturated heterocycles. The zero-order chi connectivity index (χ0) is 25.2. The molecule has 0 N–H and O–H groups in total. The van der Waals surface area contributed by atoms with Crippen LogP contribution in [-0.4, -0.2) is 24.5 Å². The normalized spacial score (nSPS) is 19.1. The van der Waals surface area contributed by atoms with Gasteiger partial charge in [-0.2, -0.15) is 0 Å². The van der Waals surface area contributed by atoms with Crippen LogP contribution in [0.4, 0.5) is 0 Å². The molecule has 1 aliphatic rings. The van der Waals surface area contributed by atoms with E-state index in [4.69, 9.17) is 14.2 Å². The third kappa shape index (κ3) is 8.04. The SMILES string of the molecule is CC1(C)OC[C@@H](C(=O)OCc2ccccc2)[C@@H](CCc2cccc(CCCCc3ccccc3)c2)O1. The van der Waals surface area contributed by atoms with Gasteiger partial charge in [-0.05, 0) is 74.6 Å². The zero-order valence-electron chi connectivity index (χ0n) is 21.5. The van der Waals surface area contributed by atoms with Gasteiger partial charge in [-0.15, -0.1) is 0 Å². The second-order valence-electron chi connectivity index (χ2n) is 10.1. The summed E-state index contributed by atoms with van der Waals surface area (Å²) in [6.07, 6.45) is 5.91. The Labute approximate surface area is 215 Å². The predicted molar refractivity (Wildman–Crippen MR) is 142 cm³/mol. The molecule has 3 aromatic rings. The number of carbonyl (C=O) groups excluding carboxylic acids is 1. The van der Waals surface area contributed by atoms with Crippen molar-refractivity contribution in [1.29, 1.82) is 0 Å². The second kappa shape index (κ2) is 12.8. The lowest BCUT2D eigenvalue weighted by molar-refractivity contribution is -0.292. The molecule has 4 heteroatoms. The smallest absolute Gasteiger partial charge is 0.314 e. The van der Waals surface area contributed by atoms with Crippen LogP contribution < -0.4 is 0 Å². The molecular formula is C32H38O4. The summed E-state index contributed by atoms with van der Waals surface area (Å²) in [5.74, 6) is -1.39. The van der Waals surface area contributed by atoms with Crippen molar-refractivity contribution in [2.24, 2.45) is 5.92 Å². The summed E-state index contributed by atoms with van der Waals surface area (Å²) in [5.41, 5.74) is 5.02. The summed E-state index contributed by atoms with van der Waals surface area (Å²) in [6.45, 7) is 4.38. The van der Waals surface area contributed by atoms with Crippen LogP contribution in [0.5, 0.6) is 0 Å². The minimum Gasteiger partial charge on any atom is -0.460 e. The molecule has 4 nitrogen and oxygen atoms in total. The van der Waals surface area contributed by atoms with Gasteiger partial charge in [-0.25, -0.2) is 0 Å². The molecule has 2 atom stereocenters. The maximum absolute atomic E-state index is 12.9. The molecule has 36 heavy (non-hydrogen) atoms. The van der Waals surface area contributed by atoms with E-state index >= 15 is 0 Å². The molecule has 0 radical (unpaired) electrons. The van der Waals surface area contributed by atoms with Crippen molar-refractivity contribution in [3.8, 4) is 0 Å². The molecule has 0 spiro atoms. The molecule has 1 fully saturated rings. The van der Waals surface area contributed by atoms with Gasteiger partial charge in [0.25, 0.3) is 0 Å². The molecular weight excluding hydrogens is 448 g/mol. The van der Waals surface area contributed by atoms with E-state index in [1.54, 1.807) is 0 Å². The summed E-state index contributed by atoms with van der Waals surface area (Å²) < 4.78 is 17.7. The van der Waals surface area contributed by atoms with Crippen LogP contribution in [0.1, 0.15) is 55.4 Å². The van der Waals surface area contributed by atoms with Gasteiger partial charge < -0.3 is 14.2 Å². The highest BCUT2D eigenvalue weighted by Gasteiger charge is 2.40. The fourth-order valence-corrected chi connectivity index (χ4v) is 4.75. The Morgan fingerprint density at radius 1 is 0.806 bits per heavy atom. The topological polar surface area (TPSA) is 44.8 Å². The molecule has 0 aliphatic carbocycles. The molecule has 0 bridgehead atoms. The number of rotatable bonds is 11. The first-order valence-electron chi connectivity index (χ1n) is 13.1. The lowest BCUT2D eigenvalue weighted by Gasteiger charge is -2.40. The molecule has 0 saturated carbocycles. The second-order valence-corrected chi connectivity index (χ2v) is 10.1. The molecule has 3 aromatic carbocycles. The van der Waals surface area contributed by atoms with Gasteiger partial charge in [0.05, 0.1) is 12.7 Å². The minimum absolute atomic E-state index is 0.244. The van der Waals surface area contributed by atoms with E-state index in [1.165, 1.54) is 29.5 Å². The van der Waals surface area contributed by atoms with Crippen LogP contribution in [-0.2, 0) is 44.9 Å². The number of unbranched alkanes of at least 4 members (excludes halogenated alkanes) is 1. The maximum atomic E-state index is 12.9. The molecule has 1 heterocycles. The van der Waals surface area contributed by atoms with Crippen LogP contribution in [0.2, 0.25) is 0 Å². The van der Waals surface area contributed by atoms with Crippen LogP contribution in [0.3, 0.4) is 0 Å². The number of carbonyl (C=O) groups is 1. The van der Waals surface area contributed by atoms with Crippen LogP contribution >= 0.6 is 0 Å². The number of ether oxygens (including phenoxy) is 3. The summed E-state index contributed by atoms with van der Waals surface area (Å²) in [7, 11) is 0. The Balaban J connectivity index is 1.29. The Bertz CT molecular complexity index is 1080. The third-order valence-corrected chi connectivity index (χ3v) is 6.75. The molecule has 190 valence electrons. The Kier molecular flexibility index (Phi) is 9.32. The average molecular weight is 487 g/mol. The maximum Gasteiger partial charge on any atom is 0.314 e. The van der Waals surface area contributed by atoms with Gasteiger partial charge in [0.15, 0.2) is 5.79 Å². The van der Waals surface area contributed by atoms with Crippen LogP contribution in [0.25, 0.3) is 0 Å². The molecule has 0 unspecified atom stereocenters. The van der Waals surface area contributed by atoms with Gasteiger partial charge in [0.1, 0.15) is 12.5 Å². The number of hydrogen-bond donors (Lipinski definition) is 0. The van der Waals surface area contributed by atoms with Crippen molar-refractivity contribution >= 4 is 5.97 Å². The van der Waals surface area contributed by atoms with Crippen molar-refractivity contribution in [2.75, 3.05) is 6.61 Å². The van der Waals surface area contributed by atoms with Gasteiger partial charge >= 0.3 is 5.97 Å². The highest BCUT2D eigenvalue weighted by Crippen LogP contribution is 2.30. The van der Waals surface area contributed by atoms with Crippen molar-refractivity contribution < 1.29 is 19.0 Å². The molecule has 4 rings (SSSR count). The summed E-state index contributed by atoms with van der Waals surface area (Å²) in [6, 6.07) is 29.2. The number of esters is 1. The summed E-state index contributed by atoms with van der Waals surface area (Å²) in [4.78, 5) is 12.9. The van der Waals surface area contributed by atoms with Gasteiger partial charge in [-0.3, -0.25) is 4.79 Å². The summed E-state index contributed by atoms with van der Waals surface area (Å²) >= 11 is 0. The van der Waals surface area contributed by atoms with E-state index in [1.807, 2.05) is 44.2 Å². The molecule has 1 aliphatic heterocycles. The number of hydrogen-bond acceptors (Lipinski definition) is 4. The van der Waals surface area contributed by atoms with Crippen molar-refractivity contribution in [3.05, 3.63) is 107 Å². The average Bonchev–Trinajstić information content (AvgIpc) is 2.90. The highest BCUT2D eigenvalue weighted by molar-refractivity contribution is 5.73. The predicted octanol–water partition coefficient (Wildman–Crippen LogP) is 6.70. The monoisotopic (exact) mass is 486 g/mol. The highest BCUT2D eigenvalue weighted by atomic mass is 16.7. The fourth-order valence-electron chi connectivity index (χ4n) is 4.75. The van der Waals surface area contributed by atoms with E-state index in [9.17, 15) is 4.79 Å². The van der Waals surface area contributed by atoms with Crippen molar-refractivity contribution in [1.82, 2.24) is 0 Å². The van der Waals surface area contributed by atoms with E-state index in [0.29, 0.717) is 6.61 Å². The number of benzene rings is 3. The van der Waals surface area contributed by atoms with E-state index < -0.39 is 11.7 Å². The lowest BCUT2D eigenvalue weighted by Crippen LogP contribution is -2.49. The van der Waals surface area contributed by atoms with Crippen molar-refractivity contribution in [2.45, 2.75) is 70.9 Å². The van der Waals surface area contributed by atoms with E-state index in [-0.39, 0.29) is 18.7 Å². The first-order chi connectivity index (χ1) is 17.5. The van der Waals surface area contributed by atoms with E-state index in [2.05, 4.69) is 54.6 Å². The zero-order valence-corrected chi connectivity index (χ0v) is 21.5. The Morgan fingerprint density at radius 3 is 2.08 bits per heavy atom. The molecule has 0 amide bonds. The first kappa shape index (κ1) is 26.1. The number of aryl methyl sites for hydroxylation is 3. The lowest BCUT2D eigenvalue weighted by atomic mass is 9.94. The fraction of sp³-hybridized carbons (Fsp3) is 0.406. The summed E-state index contributed by atoms with van der Waals surface area (Å²) in [5, 5.41) is 0. The van der Waals surface area contributed by atoms with Crippen molar-refractivity contribution in [3.63, 3.8) is 0 Å². The Morgan fingerprint density at radius 2 is 1.39 bits per heavy atom. The molecule has 0 aromatic heterocycles.